The van der Waals surface area contributed by atoms with Gasteiger partial charge in [-0.25, -0.2) is 0 Å². The predicted octanol–water partition coefficient (Wildman–Crippen LogP) is 3.16. The Hall–Kier alpha value is -0.550. The second-order valence-corrected chi connectivity index (χ2v) is 7.10. The fourth-order valence-electron chi connectivity index (χ4n) is 2.90. The molecule has 1 N–H and O–H groups in total. The lowest BCUT2D eigenvalue weighted by Gasteiger charge is -2.35. The van der Waals surface area contributed by atoms with Crippen LogP contribution in [0.15, 0.2) is 5.16 Å². The minimum atomic E-state index is 0.625. The first-order valence-corrected chi connectivity index (χ1v) is 8.79. The van der Waals surface area contributed by atoms with E-state index >= 15 is 0 Å². The number of thioether (sulfide) groups is 1. The van der Waals surface area contributed by atoms with Gasteiger partial charge in [0.2, 0.25) is 0 Å². The minimum absolute atomic E-state index is 0.625. The molecule has 114 valence electrons. The number of hydrogen-bond donors (Lipinski definition) is 1. The van der Waals surface area contributed by atoms with Crippen molar-refractivity contribution in [1.29, 1.82) is 0 Å². The molecular weight excluding hydrogens is 268 g/mol. The molecule has 0 amide bonds. The van der Waals surface area contributed by atoms with Gasteiger partial charge >= 0.3 is 0 Å². The molecule has 0 bridgehead atoms. The summed E-state index contributed by atoms with van der Waals surface area (Å²) in [5.74, 6) is 1.87. The zero-order chi connectivity index (χ0) is 14.5. The molecule has 0 aromatic carbocycles. The third-order valence-electron chi connectivity index (χ3n) is 4.44. The quantitative estimate of drug-likeness (QED) is 0.875. The van der Waals surface area contributed by atoms with E-state index in [0.717, 1.165) is 23.4 Å². The Morgan fingerprint density at radius 2 is 2.10 bits per heavy atom. The summed E-state index contributed by atoms with van der Waals surface area (Å²) in [7, 11) is 2.06. The van der Waals surface area contributed by atoms with Gasteiger partial charge in [0.1, 0.15) is 5.82 Å². The summed E-state index contributed by atoms with van der Waals surface area (Å²) >= 11 is 1.92. The standard InChI is InChI=1S/C15H28N4S/c1-5-9-16-13-8-7-12(6-2)10-14(13)20-15-18-17-11(3)19(15)4/h12-14,16H,5-10H2,1-4H3. The molecule has 1 aromatic heterocycles. The SMILES string of the molecule is CCCNC1CCC(CC)CC1Sc1nnc(C)n1C. The number of aromatic nitrogens is 3. The van der Waals surface area contributed by atoms with Crippen LogP contribution in [0.4, 0.5) is 0 Å². The second kappa shape index (κ2) is 7.46. The lowest BCUT2D eigenvalue weighted by molar-refractivity contribution is 0.295. The molecule has 1 aliphatic rings. The average Bonchev–Trinajstić information content (AvgIpc) is 2.78. The van der Waals surface area contributed by atoms with Crippen LogP contribution in [-0.4, -0.2) is 32.6 Å². The smallest absolute Gasteiger partial charge is 0.191 e. The highest BCUT2D eigenvalue weighted by Crippen LogP contribution is 2.37. The van der Waals surface area contributed by atoms with Crippen molar-refractivity contribution in [2.24, 2.45) is 13.0 Å². The third-order valence-corrected chi connectivity index (χ3v) is 5.83. The van der Waals surface area contributed by atoms with Crippen molar-refractivity contribution >= 4 is 11.8 Å². The topological polar surface area (TPSA) is 42.7 Å². The second-order valence-electron chi connectivity index (χ2n) is 5.89. The van der Waals surface area contributed by atoms with Gasteiger partial charge < -0.3 is 9.88 Å². The monoisotopic (exact) mass is 296 g/mol. The Bertz CT molecular complexity index is 418. The van der Waals surface area contributed by atoms with E-state index in [-0.39, 0.29) is 0 Å². The van der Waals surface area contributed by atoms with Crippen molar-refractivity contribution in [3.8, 4) is 0 Å². The lowest BCUT2D eigenvalue weighted by Crippen LogP contribution is -2.43. The zero-order valence-corrected chi connectivity index (χ0v) is 14.0. The van der Waals surface area contributed by atoms with Crippen molar-refractivity contribution in [3.05, 3.63) is 5.82 Å². The first kappa shape index (κ1) is 15.8. The van der Waals surface area contributed by atoms with Crippen LogP contribution >= 0.6 is 11.8 Å². The van der Waals surface area contributed by atoms with Crippen LogP contribution in [0.3, 0.4) is 0 Å². The predicted molar refractivity (Wildman–Crippen MR) is 85.1 cm³/mol. The highest BCUT2D eigenvalue weighted by molar-refractivity contribution is 7.99. The van der Waals surface area contributed by atoms with Crippen LogP contribution in [0.25, 0.3) is 0 Å². The fourth-order valence-corrected chi connectivity index (χ4v) is 4.32. The van der Waals surface area contributed by atoms with Crippen LogP contribution in [0.5, 0.6) is 0 Å². The normalized spacial score (nSPS) is 26.9. The molecule has 0 spiro atoms. The molecule has 4 nitrogen and oxygen atoms in total. The van der Waals surface area contributed by atoms with E-state index in [1.54, 1.807) is 0 Å². The molecular formula is C15H28N4S. The molecule has 2 rings (SSSR count). The molecule has 1 saturated carbocycles. The molecule has 1 fully saturated rings. The average molecular weight is 296 g/mol. The Balaban J connectivity index is 2.04. The van der Waals surface area contributed by atoms with Crippen LogP contribution < -0.4 is 5.32 Å². The largest absolute Gasteiger partial charge is 0.313 e. The van der Waals surface area contributed by atoms with Crippen molar-refractivity contribution in [1.82, 2.24) is 20.1 Å². The van der Waals surface area contributed by atoms with Crippen LogP contribution in [0.1, 0.15) is 51.8 Å². The first-order valence-electron chi connectivity index (χ1n) is 7.91. The number of nitrogens with one attached hydrogen (secondary N) is 1. The highest BCUT2D eigenvalue weighted by atomic mass is 32.2. The number of hydrogen-bond acceptors (Lipinski definition) is 4. The van der Waals surface area contributed by atoms with Gasteiger partial charge in [-0.15, -0.1) is 10.2 Å². The molecule has 0 radical (unpaired) electrons. The van der Waals surface area contributed by atoms with Gasteiger partial charge in [-0.05, 0) is 45.1 Å². The maximum atomic E-state index is 4.32. The Kier molecular flexibility index (Phi) is 5.90. The molecule has 0 saturated heterocycles. The van der Waals surface area contributed by atoms with Crippen molar-refractivity contribution < 1.29 is 0 Å². The summed E-state index contributed by atoms with van der Waals surface area (Å²) in [5, 5.41) is 13.9. The van der Waals surface area contributed by atoms with E-state index in [0.29, 0.717) is 11.3 Å². The van der Waals surface area contributed by atoms with Gasteiger partial charge in [0, 0.05) is 18.3 Å². The van der Waals surface area contributed by atoms with Gasteiger partial charge in [0.15, 0.2) is 5.16 Å². The number of rotatable bonds is 6. The molecule has 0 aliphatic heterocycles. The summed E-state index contributed by atoms with van der Waals surface area (Å²) in [5.41, 5.74) is 0. The lowest BCUT2D eigenvalue weighted by atomic mass is 9.84. The summed E-state index contributed by atoms with van der Waals surface area (Å²) in [4.78, 5) is 0. The van der Waals surface area contributed by atoms with E-state index in [4.69, 9.17) is 0 Å². The summed E-state index contributed by atoms with van der Waals surface area (Å²) < 4.78 is 2.11. The molecule has 3 atom stereocenters. The van der Waals surface area contributed by atoms with Crippen LogP contribution in [0, 0.1) is 12.8 Å². The van der Waals surface area contributed by atoms with Gasteiger partial charge in [0.05, 0.1) is 0 Å². The Morgan fingerprint density at radius 1 is 1.30 bits per heavy atom. The van der Waals surface area contributed by atoms with E-state index in [1.165, 1.54) is 32.1 Å². The minimum Gasteiger partial charge on any atom is -0.313 e. The van der Waals surface area contributed by atoms with Gasteiger partial charge in [-0.3, -0.25) is 0 Å². The summed E-state index contributed by atoms with van der Waals surface area (Å²) in [6, 6.07) is 0.625. The summed E-state index contributed by atoms with van der Waals surface area (Å²) in [6.07, 6.45) is 6.47. The van der Waals surface area contributed by atoms with E-state index in [2.05, 4.69) is 41.0 Å². The molecule has 5 heteroatoms. The molecule has 3 unspecified atom stereocenters. The van der Waals surface area contributed by atoms with Crippen molar-refractivity contribution in [2.45, 2.75) is 69.3 Å². The van der Waals surface area contributed by atoms with Crippen LogP contribution in [-0.2, 0) is 7.05 Å². The molecule has 1 heterocycles. The van der Waals surface area contributed by atoms with E-state index in [1.807, 2.05) is 18.7 Å². The first-order chi connectivity index (χ1) is 9.65. The van der Waals surface area contributed by atoms with Crippen LogP contribution in [0.2, 0.25) is 0 Å². The van der Waals surface area contributed by atoms with Crippen molar-refractivity contribution in [3.63, 3.8) is 0 Å². The Labute approximate surface area is 127 Å². The van der Waals surface area contributed by atoms with E-state index < -0.39 is 0 Å². The number of nitrogens with zero attached hydrogens (tertiary/aromatic N) is 3. The molecule has 1 aromatic rings. The van der Waals surface area contributed by atoms with Crippen molar-refractivity contribution in [2.75, 3.05) is 6.54 Å². The zero-order valence-electron chi connectivity index (χ0n) is 13.2. The third kappa shape index (κ3) is 3.76. The van der Waals surface area contributed by atoms with E-state index in [9.17, 15) is 0 Å². The molecule has 20 heavy (non-hydrogen) atoms. The maximum Gasteiger partial charge on any atom is 0.191 e. The Morgan fingerprint density at radius 3 is 2.70 bits per heavy atom. The van der Waals surface area contributed by atoms with Gasteiger partial charge in [-0.1, -0.05) is 32.0 Å². The number of aryl methyl sites for hydroxylation is 1. The maximum absolute atomic E-state index is 4.32. The fraction of sp³-hybridized carbons (Fsp3) is 0.867. The van der Waals surface area contributed by atoms with Gasteiger partial charge in [0.25, 0.3) is 0 Å². The summed E-state index contributed by atoms with van der Waals surface area (Å²) in [6.45, 7) is 7.69. The van der Waals surface area contributed by atoms with Gasteiger partial charge in [-0.2, -0.15) is 0 Å². The highest BCUT2D eigenvalue weighted by Gasteiger charge is 2.31. The molecule has 1 aliphatic carbocycles.